The molecule has 1 atom stereocenters. The summed E-state index contributed by atoms with van der Waals surface area (Å²) in [5.41, 5.74) is 2.37. The minimum absolute atomic E-state index is 0.211. The maximum atomic E-state index is 13.6. The smallest absolute Gasteiger partial charge is 0.244 e. The summed E-state index contributed by atoms with van der Waals surface area (Å²) >= 11 is 2.14. The van der Waals surface area contributed by atoms with Gasteiger partial charge in [-0.25, -0.2) is 8.42 Å². The molecular formula is C25H34IN3O4S. The van der Waals surface area contributed by atoms with Crippen molar-refractivity contribution in [2.24, 2.45) is 0 Å². The number of anilines is 1. The fraction of sp³-hybridized carbons (Fsp3) is 0.440. The number of aryl methyl sites for hydroxylation is 1. The third kappa shape index (κ3) is 8.26. The maximum Gasteiger partial charge on any atom is 0.244 e. The summed E-state index contributed by atoms with van der Waals surface area (Å²) in [7, 11) is -3.73. The first-order valence-electron chi connectivity index (χ1n) is 11.4. The highest BCUT2D eigenvalue weighted by Gasteiger charge is 2.31. The fourth-order valence-electron chi connectivity index (χ4n) is 3.54. The van der Waals surface area contributed by atoms with E-state index in [0.29, 0.717) is 18.7 Å². The number of hydrogen-bond acceptors (Lipinski definition) is 4. The van der Waals surface area contributed by atoms with Crippen LogP contribution in [0.4, 0.5) is 5.69 Å². The predicted octanol–water partition coefficient (Wildman–Crippen LogP) is 4.09. The normalized spacial score (nSPS) is 12.1. The molecule has 0 fully saturated rings. The first-order valence-corrected chi connectivity index (χ1v) is 14.4. The standard InChI is InChI=1S/C25H34IN3O4S/c1-5-7-16-27-25(31)23(6-2)28(17-20-10-8-19(3)9-11-20)24(30)18-29(34(4,32)33)22-14-12-21(26)13-15-22/h8-15,23H,5-7,16-18H2,1-4H3,(H,27,31)/t23-/m1/s1. The Morgan fingerprint density at radius 3 is 2.18 bits per heavy atom. The lowest BCUT2D eigenvalue weighted by Crippen LogP contribution is -2.52. The Bertz CT molecular complexity index is 1060. The van der Waals surface area contributed by atoms with Crippen molar-refractivity contribution in [1.82, 2.24) is 10.2 Å². The third-order valence-electron chi connectivity index (χ3n) is 5.48. The molecule has 2 rings (SSSR count). The average Bonchev–Trinajstić information content (AvgIpc) is 2.78. The van der Waals surface area contributed by atoms with Gasteiger partial charge in [0.2, 0.25) is 21.8 Å². The van der Waals surface area contributed by atoms with E-state index in [2.05, 4.69) is 27.9 Å². The Morgan fingerprint density at radius 2 is 1.65 bits per heavy atom. The van der Waals surface area contributed by atoms with Crippen molar-refractivity contribution in [2.75, 3.05) is 23.7 Å². The van der Waals surface area contributed by atoms with Gasteiger partial charge in [-0.05, 0) is 72.2 Å². The van der Waals surface area contributed by atoms with Gasteiger partial charge < -0.3 is 10.2 Å². The highest BCUT2D eigenvalue weighted by molar-refractivity contribution is 14.1. The lowest BCUT2D eigenvalue weighted by Gasteiger charge is -2.33. The van der Waals surface area contributed by atoms with E-state index in [1.807, 2.05) is 45.0 Å². The molecule has 0 bridgehead atoms. The van der Waals surface area contributed by atoms with Gasteiger partial charge in [-0.3, -0.25) is 13.9 Å². The molecule has 9 heteroatoms. The summed E-state index contributed by atoms with van der Waals surface area (Å²) in [6, 6.07) is 14.0. The van der Waals surface area contributed by atoms with Gasteiger partial charge in [0.15, 0.2) is 0 Å². The van der Waals surface area contributed by atoms with Crippen LogP contribution in [0.2, 0.25) is 0 Å². The quantitative estimate of drug-likeness (QED) is 0.294. The van der Waals surface area contributed by atoms with Crippen LogP contribution in [-0.4, -0.2) is 50.5 Å². The van der Waals surface area contributed by atoms with Crippen LogP contribution >= 0.6 is 22.6 Å². The second-order valence-corrected chi connectivity index (χ2v) is 11.5. The number of unbranched alkanes of at least 4 members (excludes halogenated alkanes) is 1. The molecule has 186 valence electrons. The van der Waals surface area contributed by atoms with Crippen molar-refractivity contribution in [1.29, 1.82) is 0 Å². The number of nitrogens with one attached hydrogen (secondary N) is 1. The minimum atomic E-state index is -3.73. The minimum Gasteiger partial charge on any atom is -0.354 e. The van der Waals surface area contributed by atoms with Gasteiger partial charge in [-0.2, -0.15) is 0 Å². The van der Waals surface area contributed by atoms with Gasteiger partial charge >= 0.3 is 0 Å². The zero-order valence-corrected chi connectivity index (χ0v) is 23.2. The molecule has 2 amide bonds. The van der Waals surface area contributed by atoms with E-state index in [-0.39, 0.29) is 19.0 Å². The van der Waals surface area contributed by atoms with E-state index in [9.17, 15) is 18.0 Å². The largest absolute Gasteiger partial charge is 0.354 e. The molecule has 0 heterocycles. The van der Waals surface area contributed by atoms with Gasteiger partial charge in [0.1, 0.15) is 12.6 Å². The van der Waals surface area contributed by atoms with Crippen molar-refractivity contribution in [3.8, 4) is 0 Å². The van der Waals surface area contributed by atoms with Gasteiger partial charge in [0.25, 0.3) is 0 Å². The number of hydrogen-bond donors (Lipinski definition) is 1. The molecule has 1 N–H and O–H groups in total. The van der Waals surface area contributed by atoms with Crippen LogP contribution in [0.1, 0.15) is 44.2 Å². The monoisotopic (exact) mass is 599 g/mol. The van der Waals surface area contributed by atoms with E-state index < -0.39 is 22.0 Å². The molecule has 0 saturated carbocycles. The van der Waals surface area contributed by atoms with E-state index in [1.54, 1.807) is 24.3 Å². The van der Waals surface area contributed by atoms with Crippen molar-refractivity contribution >= 4 is 50.1 Å². The second-order valence-electron chi connectivity index (χ2n) is 8.32. The van der Waals surface area contributed by atoms with Gasteiger partial charge in [-0.1, -0.05) is 50.1 Å². The van der Waals surface area contributed by atoms with Gasteiger partial charge in [0, 0.05) is 16.7 Å². The summed E-state index contributed by atoms with van der Waals surface area (Å²) in [5, 5.41) is 2.92. The molecule has 0 unspecified atom stereocenters. The number of amides is 2. The van der Waals surface area contributed by atoms with E-state index in [4.69, 9.17) is 0 Å². The molecule has 2 aromatic carbocycles. The molecule has 34 heavy (non-hydrogen) atoms. The highest BCUT2D eigenvalue weighted by atomic mass is 127. The number of benzene rings is 2. The molecule has 2 aromatic rings. The first kappa shape index (κ1) is 28.1. The molecular weight excluding hydrogens is 565 g/mol. The summed E-state index contributed by atoms with van der Waals surface area (Å²) < 4.78 is 27.2. The number of sulfonamides is 1. The van der Waals surface area contributed by atoms with Crippen molar-refractivity contribution < 1.29 is 18.0 Å². The van der Waals surface area contributed by atoms with Crippen LogP contribution in [0.15, 0.2) is 48.5 Å². The molecule has 0 radical (unpaired) electrons. The Balaban J connectivity index is 2.37. The van der Waals surface area contributed by atoms with E-state index in [1.165, 1.54) is 4.90 Å². The number of nitrogens with zero attached hydrogens (tertiary/aromatic N) is 2. The number of carbonyl (C=O) groups excluding carboxylic acids is 2. The molecule has 7 nitrogen and oxygen atoms in total. The third-order valence-corrected chi connectivity index (χ3v) is 7.34. The summed E-state index contributed by atoms with van der Waals surface area (Å²) in [4.78, 5) is 28.1. The van der Waals surface area contributed by atoms with Crippen LogP contribution in [0.5, 0.6) is 0 Å². The molecule has 0 aromatic heterocycles. The zero-order valence-electron chi connectivity index (χ0n) is 20.3. The molecule has 0 spiro atoms. The second kappa shape index (κ2) is 13.1. The molecule has 0 saturated heterocycles. The lowest BCUT2D eigenvalue weighted by molar-refractivity contribution is -0.140. The topological polar surface area (TPSA) is 86.8 Å². The Hall–Kier alpha value is -2.14. The maximum absolute atomic E-state index is 13.6. The number of rotatable bonds is 12. The number of halogens is 1. The SMILES string of the molecule is CCCCNC(=O)[C@@H](CC)N(Cc1ccc(C)cc1)C(=O)CN(c1ccc(I)cc1)S(C)(=O)=O. The average molecular weight is 600 g/mol. The van der Waals surface area contributed by atoms with Crippen molar-refractivity contribution in [3.05, 3.63) is 63.2 Å². The Morgan fingerprint density at radius 1 is 1.03 bits per heavy atom. The van der Waals surface area contributed by atoms with Crippen LogP contribution in [-0.2, 0) is 26.2 Å². The summed E-state index contributed by atoms with van der Waals surface area (Å²) in [6.07, 6.45) is 3.29. The van der Waals surface area contributed by atoms with Gasteiger partial charge in [0.05, 0.1) is 11.9 Å². The fourth-order valence-corrected chi connectivity index (χ4v) is 4.75. The van der Waals surface area contributed by atoms with Crippen LogP contribution in [0.3, 0.4) is 0 Å². The molecule has 0 aliphatic heterocycles. The Kier molecular flexibility index (Phi) is 10.8. The number of carbonyl (C=O) groups is 2. The summed E-state index contributed by atoms with van der Waals surface area (Å²) in [6.45, 7) is 6.24. The summed E-state index contributed by atoms with van der Waals surface area (Å²) in [5.74, 6) is -0.654. The highest BCUT2D eigenvalue weighted by Crippen LogP contribution is 2.21. The Labute approximate surface area is 217 Å². The lowest BCUT2D eigenvalue weighted by atomic mass is 10.1. The zero-order chi connectivity index (χ0) is 25.3. The van der Waals surface area contributed by atoms with Crippen LogP contribution in [0, 0.1) is 10.5 Å². The molecule has 0 aliphatic carbocycles. The predicted molar refractivity (Wildman–Crippen MR) is 145 cm³/mol. The van der Waals surface area contributed by atoms with E-state index >= 15 is 0 Å². The van der Waals surface area contributed by atoms with Gasteiger partial charge in [-0.15, -0.1) is 0 Å². The van der Waals surface area contributed by atoms with Crippen molar-refractivity contribution in [2.45, 2.75) is 52.6 Å². The van der Waals surface area contributed by atoms with Crippen LogP contribution < -0.4 is 9.62 Å². The van der Waals surface area contributed by atoms with Crippen molar-refractivity contribution in [3.63, 3.8) is 0 Å². The first-order chi connectivity index (χ1) is 16.1. The van der Waals surface area contributed by atoms with Crippen LogP contribution in [0.25, 0.3) is 0 Å². The van der Waals surface area contributed by atoms with E-state index in [0.717, 1.165) is 38.1 Å². The molecule has 0 aliphatic rings.